The highest BCUT2D eigenvalue weighted by atomic mass is 127. The lowest BCUT2D eigenvalue weighted by atomic mass is 9.92. The van der Waals surface area contributed by atoms with Gasteiger partial charge in [0.05, 0.1) is 3.57 Å². The molecular formula is C21H22INO4. The number of para-hydroxylation sites is 1. The molecule has 2 rings (SSSR count). The Bertz CT molecular complexity index is 851. The quantitative estimate of drug-likeness (QED) is 0.449. The minimum absolute atomic E-state index is 0.157. The number of aliphatic carboxylic acids is 1. The van der Waals surface area contributed by atoms with Crippen molar-refractivity contribution >= 4 is 40.5 Å². The summed E-state index contributed by atoms with van der Waals surface area (Å²) in [6.07, 6.45) is 1.67. The number of rotatable bonds is 6. The molecule has 142 valence electrons. The minimum atomic E-state index is -1.18. The van der Waals surface area contributed by atoms with Crippen LogP contribution in [0.25, 0.3) is 6.08 Å². The van der Waals surface area contributed by atoms with Gasteiger partial charge in [-0.2, -0.15) is 0 Å². The molecule has 6 heteroatoms. The molecule has 0 saturated carbocycles. The first-order valence-electron chi connectivity index (χ1n) is 8.41. The van der Waals surface area contributed by atoms with Gasteiger partial charge in [-0.15, -0.1) is 0 Å². The molecule has 5 nitrogen and oxygen atoms in total. The lowest BCUT2D eigenvalue weighted by molar-refractivity contribution is -0.134. The molecule has 0 radical (unpaired) electrons. The van der Waals surface area contributed by atoms with Crippen LogP contribution in [0.5, 0.6) is 11.5 Å². The Morgan fingerprint density at radius 2 is 1.74 bits per heavy atom. The number of carbonyl (C=O) groups excluding carboxylic acids is 1. The molecule has 0 saturated heterocycles. The van der Waals surface area contributed by atoms with E-state index in [1.165, 1.54) is 6.08 Å². The van der Waals surface area contributed by atoms with Crippen LogP contribution in [0.1, 0.15) is 32.8 Å². The first kappa shape index (κ1) is 21.0. The number of hydrogen-bond donors (Lipinski definition) is 2. The number of halogens is 1. The highest BCUT2D eigenvalue weighted by molar-refractivity contribution is 14.1. The van der Waals surface area contributed by atoms with E-state index in [1.807, 2.05) is 45.0 Å². The zero-order valence-corrected chi connectivity index (χ0v) is 17.6. The summed E-state index contributed by atoms with van der Waals surface area (Å²) in [7, 11) is 0. The van der Waals surface area contributed by atoms with E-state index >= 15 is 0 Å². The van der Waals surface area contributed by atoms with Gasteiger partial charge in [0.25, 0.3) is 0 Å². The molecule has 0 atom stereocenters. The average Bonchev–Trinajstić information content (AvgIpc) is 2.56. The van der Waals surface area contributed by atoms with Gasteiger partial charge in [-0.1, -0.05) is 45.0 Å². The number of carboxylic acid groups (broad SMARTS) is 1. The van der Waals surface area contributed by atoms with Crippen molar-refractivity contribution in [1.29, 1.82) is 0 Å². The Labute approximate surface area is 172 Å². The van der Waals surface area contributed by atoms with Crippen LogP contribution in [0, 0.1) is 8.99 Å². The molecule has 2 aromatic rings. The summed E-state index contributed by atoms with van der Waals surface area (Å²) in [5.41, 5.74) is 0.274. The first-order valence-corrected chi connectivity index (χ1v) is 9.49. The van der Waals surface area contributed by atoms with Gasteiger partial charge < -0.3 is 15.2 Å². The Morgan fingerprint density at radius 1 is 1.11 bits per heavy atom. The van der Waals surface area contributed by atoms with Gasteiger partial charge in [-0.05, 0) is 63.9 Å². The maximum absolute atomic E-state index is 12.0. The van der Waals surface area contributed by atoms with Crippen LogP contribution >= 0.6 is 22.6 Å². The summed E-state index contributed by atoms with van der Waals surface area (Å²) in [5, 5.41) is 11.8. The SMILES string of the molecule is CC(C)(C)CC(=O)N/C(=C\c1ccc(Oc2ccccc2I)cc1)C(=O)O. The van der Waals surface area contributed by atoms with Crippen LogP contribution in [0.2, 0.25) is 0 Å². The third-order valence-corrected chi connectivity index (χ3v) is 4.34. The topological polar surface area (TPSA) is 75.6 Å². The number of benzene rings is 2. The van der Waals surface area contributed by atoms with Crippen molar-refractivity contribution in [2.45, 2.75) is 27.2 Å². The van der Waals surface area contributed by atoms with Crippen LogP contribution < -0.4 is 10.1 Å². The maximum atomic E-state index is 12.0. The van der Waals surface area contributed by atoms with E-state index in [0.29, 0.717) is 11.3 Å². The standard InChI is InChI=1S/C21H22INO4/c1-21(2,3)13-19(24)23-17(20(25)26)12-14-8-10-15(11-9-14)27-18-7-5-4-6-16(18)22/h4-12H,13H2,1-3H3,(H,23,24)(H,25,26)/b17-12-. The van der Waals surface area contributed by atoms with Gasteiger partial charge in [0.1, 0.15) is 17.2 Å². The molecule has 0 bridgehead atoms. The predicted molar refractivity (Wildman–Crippen MR) is 114 cm³/mol. The summed E-state index contributed by atoms with van der Waals surface area (Å²) in [4.78, 5) is 23.5. The molecule has 0 aliphatic carbocycles. The van der Waals surface area contributed by atoms with E-state index < -0.39 is 5.97 Å². The van der Waals surface area contributed by atoms with Crippen molar-refractivity contribution in [3.05, 3.63) is 63.4 Å². The number of amides is 1. The van der Waals surface area contributed by atoms with Crippen LogP contribution in [0.3, 0.4) is 0 Å². The number of ether oxygens (including phenoxy) is 1. The van der Waals surface area contributed by atoms with E-state index in [0.717, 1.165) is 9.32 Å². The number of hydrogen-bond acceptors (Lipinski definition) is 3. The van der Waals surface area contributed by atoms with Crippen molar-refractivity contribution in [2.24, 2.45) is 5.41 Å². The van der Waals surface area contributed by atoms with Gasteiger partial charge in [-0.25, -0.2) is 4.79 Å². The van der Waals surface area contributed by atoms with E-state index in [1.54, 1.807) is 24.3 Å². The molecule has 1 amide bonds. The van der Waals surface area contributed by atoms with Crippen molar-refractivity contribution in [3.8, 4) is 11.5 Å². The molecule has 2 N–H and O–H groups in total. The van der Waals surface area contributed by atoms with Gasteiger partial charge in [0, 0.05) is 6.42 Å². The molecule has 0 spiro atoms. The van der Waals surface area contributed by atoms with E-state index in [2.05, 4.69) is 27.9 Å². The van der Waals surface area contributed by atoms with Gasteiger partial charge >= 0.3 is 5.97 Å². The summed E-state index contributed by atoms with van der Waals surface area (Å²) in [5.74, 6) is -0.113. The second-order valence-electron chi connectivity index (χ2n) is 7.25. The number of carbonyl (C=O) groups is 2. The number of carboxylic acids is 1. The van der Waals surface area contributed by atoms with E-state index in [-0.39, 0.29) is 23.4 Å². The van der Waals surface area contributed by atoms with Gasteiger partial charge in [-0.3, -0.25) is 4.79 Å². The monoisotopic (exact) mass is 479 g/mol. The van der Waals surface area contributed by atoms with Crippen LogP contribution in [-0.4, -0.2) is 17.0 Å². The zero-order valence-electron chi connectivity index (χ0n) is 15.5. The second kappa shape index (κ2) is 9.03. The number of nitrogens with one attached hydrogen (secondary N) is 1. The van der Waals surface area contributed by atoms with Crippen molar-refractivity contribution in [1.82, 2.24) is 5.32 Å². The molecule has 0 aliphatic rings. The molecule has 0 heterocycles. The minimum Gasteiger partial charge on any atom is -0.477 e. The molecule has 0 unspecified atom stereocenters. The first-order chi connectivity index (χ1) is 12.6. The van der Waals surface area contributed by atoms with Crippen molar-refractivity contribution in [3.63, 3.8) is 0 Å². The lowest BCUT2D eigenvalue weighted by Gasteiger charge is -2.17. The lowest BCUT2D eigenvalue weighted by Crippen LogP contribution is -2.30. The molecule has 0 aromatic heterocycles. The summed E-state index contributed by atoms with van der Waals surface area (Å²) < 4.78 is 6.82. The predicted octanol–water partition coefficient (Wildman–Crippen LogP) is 5.06. The maximum Gasteiger partial charge on any atom is 0.352 e. The summed E-state index contributed by atoms with van der Waals surface area (Å²) >= 11 is 2.20. The van der Waals surface area contributed by atoms with Gasteiger partial charge in [0.2, 0.25) is 5.91 Å². The smallest absolute Gasteiger partial charge is 0.352 e. The highest BCUT2D eigenvalue weighted by Crippen LogP contribution is 2.26. The molecule has 2 aromatic carbocycles. The third kappa shape index (κ3) is 7.05. The van der Waals surface area contributed by atoms with E-state index in [4.69, 9.17) is 4.74 Å². The Balaban J connectivity index is 2.12. The zero-order chi connectivity index (χ0) is 20.0. The van der Waals surface area contributed by atoms with Crippen LogP contribution in [0.4, 0.5) is 0 Å². The molecule has 0 fully saturated rings. The van der Waals surface area contributed by atoms with Crippen LogP contribution in [0.15, 0.2) is 54.2 Å². The highest BCUT2D eigenvalue weighted by Gasteiger charge is 2.18. The Hall–Kier alpha value is -2.35. The largest absolute Gasteiger partial charge is 0.477 e. The van der Waals surface area contributed by atoms with Gasteiger partial charge in [0.15, 0.2) is 0 Å². The van der Waals surface area contributed by atoms with Crippen molar-refractivity contribution in [2.75, 3.05) is 0 Å². The van der Waals surface area contributed by atoms with Crippen molar-refractivity contribution < 1.29 is 19.4 Å². The van der Waals surface area contributed by atoms with Crippen LogP contribution in [-0.2, 0) is 9.59 Å². The molecule has 27 heavy (non-hydrogen) atoms. The fraction of sp³-hybridized carbons (Fsp3) is 0.238. The van der Waals surface area contributed by atoms with E-state index in [9.17, 15) is 14.7 Å². The summed E-state index contributed by atoms with van der Waals surface area (Å²) in [6.45, 7) is 5.76. The third-order valence-electron chi connectivity index (χ3n) is 3.45. The molecular weight excluding hydrogens is 457 g/mol. The fourth-order valence-corrected chi connectivity index (χ4v) is 2.78. The Morgan fingerprint density at radius 3 is 2.30 bits per heavy atom. The normalized spacial score (nSPS) is 11.8. The Kier molecular flexibility index (Phi) is 7.01. The average molecular weight is 479 g/mol. The molecule has 0 aliphatic heterocycles. The fourth-order valence-electron chi connectivity index (χ4n) is 2.28. The summed E-state index contributed by atoms with van der Waals surface area (Å²) in [6, 6.07) is 14.7. The second-order valence-corrected chi connectivity index (χ2v) is 8.41.